The number of aryl methyl sites for hydroxylation is 1. The summed E-state index contributed by atoms with van der Waals surface area (Å²) in [4.78, 5) is 22.8. The SMILES string of the molecule is COCCN1CCC2(CN(Cc3cccc(C)c3)CC2c2cn(C(C)C)cn2)C1=O. The van der Waals surface area contributed by atoms with Gasteiger partial charge in [-0.05, 0) is 32.8 Å². The number of methoxy groups -OCH3 is 1. The highest BCUT2D eigenvalue weighted by Crippen LogP contribution is 2.49. The van der Waals surface area contributed by atoms with E-state index in [9.17, 15) is 4.79 Å². The molecule has 4 rings (SSSR count). The average Bonchev–Trinajstić information content (AvgIpc) is 3.40. The van der Waals surface area contributed by atoms with E-state index in [1.165, 1.54) is 11.1 Å². The standard InChI is InChI=1S/C24H34N4O2/c1-18(2)28-15-22(25-17-28)21-14-26(13-20-7-5-6-19(3)12-20)16-24(21)8-9-27(23(24)29)10-11-30-4/h5-7,12,15,17-18,21H,8-11,13-14,16H2,1-4H3. The zero-order chi connectivity index (χ0) is 21.3. The second-order valence-corrected chi connectivity index (χ2v) is 9.24. The first-order chi connectivity index (χ1) is 14.4. The van der Waals surface area contributed by atoms with Crippen molar-refractivity contribution in [1.29, 1.82) is 0 Å². The highest BCUT2D eigenvalue weighted by Gasteiger charge is 2.57. The molecule has 0 bridgehead atoms. The number of likely N-dealkylation sites (tertiary alicyclic amines) is 2. The minimum atomic E-state index is -0.381. The summed E-state index contributed by atoms with van der Waals surface area (Å²) in [6.45, 7) is 11.0. The van der Waals surface area contributed by atoms with Crippen LogP contribution in [0.15, 0.2) is 36.8 Å². The monoisotopic (exact) mass is 410 g/mol. The molecule has 2 saturated heterocycles. The summed E-state index contributed by atoms with van der Waals surface area (Å²) in [7, 11) is 1.69. The van der Waals surface area contributed by atoms with Gasteiger partial charge in [-0.15, -0.1) is 0 Å². The predicted molar refractivity (Wildman–Crippen MR) is 117 cm³/mol. The molecule has 0 N–H and O–H groups in total. The molecule has 0 radical (unpaired) electrons. The van der Waals surface area contributed by atoms with Crippen molar-refractivity contribution >= 4 is 5.91 Å². The first-order valence-electron chi connectivity index (χ1n) is 11.0. The third-order valence-electron chi connectivity index (χ3n) is 6.78. The molecule has 162 valence electrons. The molecule has 2 aliphatic rings. The Morgan fingerprint density at radius 2 is 2.17 bits per heavy atom. The zero-order valence-electron chi connectivity index (χ0n) is 18.7. The summed E-state index contributed by atoms with van der Waals surface area (Å²) in [5, 5.41) is 0. The van der Waals surface area contributed by atoms with Crippen LogP contribution in [-0.2, 0) is 16.1 Å². The molecule has 0 aliphatic carbocycles. The Hall–Kier alpha value is -2.18. The number of ether oxygens (including phenoxy) is 1. The van der Waals surface area contributed by atoms with Crippen LogP contribution in [0.5, 0.6) is 0 Å². The van der Waals surface area contributed by atoms with Crippen LogP contribution in [0.25, 0.3) is 0 Å². The first-order valence-corrected chi connectivity index (χ1v) is 11.0. The molecule has 2 fully saturated rings. The van der Waals surface area contributed by atoms with Crippen LogP contribution in [0.3, 0.4) is 0 Å². The molecule has 1 amide bonds. The van der Waals surface area contributed by atoms with Gasteiger partial charge in [-0.3, -0.25) is 9.69 Å². The molecule has 1 aromatic carbocycles. The number of amides is 1. The smallest absolute Gasteiger partial charge is 0.230 e. The van der Waals surface area contributed by atoms with E-state index in [-0.39, 0.29) is 17.2 Å². The Kier molecular flexibility index (Phi) is 5.98. The van der Waals surface area contributed by atoms with Crippen molar-refractivity contribution in [3.63, 3.8) is 0 Å². The van der Waals surface area contributed by atoms with Crippen molar-refractivity contribution in [2.45, 2.75) is 45.7 Å². The van der Waals surface area contributed by atoms with E-state index in [4.69, 9.17) is 9.72 Å². The molecule has 2 atom stereocenters. The van der Waals surface area contributed by atoms with Crippen molar-refractivity contribution in [2.75, 3.05) is 39.9 Å². The van der Waals surface area contributed by atoms with E-state index in [1.807, 2.05) is 11.2 Å². The normalized spacial score (nSPS) is 24.6. The third kappa shape index (κ3) is 3.91. The molecule has 1 spiro atoms. The second-order valence-electron chi connectivity index (χ2n) is 9.24. The van der Waals surface area contributed by atoms with Crippen molar-refractivity contribution in [1.82, 2.24) is 19.4 Å². The number of benzene rings is 1. The number of nitrogens with zero attached hydrogens (tertiary/aromatic N) is 4. The zero-order valence-corrected chi connectivity index (χ0v) is 18.7. The van der Waals surface area contributed by atoms with E-state index >= 15 is 0 Å². The molecule has 2 aromatic rings. The maximum atomic E-state index is 13.6. The van der Waals surface area contributed by atoms with Gasteiger partial charge in [0.05, 0.1) is 24.0 Å². The Morgan fingerprint density at radius 1 is 1.33 bits per heavy atom. The van der Waals surface area contributed by atoms with Gasteiger partial charge in [-0.25, -0.2) is 4.98 Å². The Morgan fingerprint density at radius 3 is 2.87 bits per heavy atom. The fourth-order valence-corrected chi connectivity index (χ4v) is 5.13. The molecule has 1 aromatic heterocycles. The topological polar surface area (TPSA) is 50.6 Å². The summed E-state index contributed by atoms with van der Waals surface area (Å²) in [5.74, 6) is 0.401. The number of hydrogen-bond donors (Lipinski definition) is 0. The van der Waals surface area contributed by atoms with E-state index in [1.54, 1.807) is 7.11 Å². The maximum absolute atomic E-state index is 13.6. The lowest BCUT2D eigenvalue weighted by molar-refractivity contribution is -0.136. The molecule has 6 nitrogen and oxygen atoms in total. The predicted octanol–water partition coefficient (Wildman–Crippen LogP) is 3.24. The van der Waals surface area contributed by atoms with Gasteiger partial charge in [0.2, 0.25) is 5.91 Å². The molecule has 3 heterocycles. The lowest BCUT2D eigenvalue weighted by Crippen LogP contribution is -2.40. The van der Waals surface area contributed by atoms with Gasteiger partial charge in [0.15, 0.2) is 0 Å². The van der Waals surface area contributed by atoms with Gasteiger partial charge in [0.25, 0.3) is 0 Å². The molecular formula is C24H34N4O2. The van der Waals surface area contributed by atoms with Gasteiger partial charge < -0.3 is 14.2 Å². The summed E-state index contributed by atoms with van der Waals surface area (Å²) in [5.41, 5.74) is 3.25. The number of rotatable bonds is 7. The Balaban J connectivity index is 1.61. The van der Waals surface area contributed by atoms with Crippen LogP contribution < -0.4 is 0 Å². The quantitative estimate of drug-likeness (QED) is 0.703. The van der Waals surface area contributed by atoms with Crippen LogP contribution in [0.1, 0.15) is 49.0 Å². The number of carbonyl (C=O) groups excluding carboxylic acids is 1. The molecule has 30 heavy (non-hydrogen) atoms. The van der Waals surface area contributed by atoms with Gasteiger partial charge >= 0.3 is 0 Å². The number of aromatic nitrogens is 2. The van der Waals surface area contributed by atoms with E-state index in [0.717, 1.165) is 38.3 Å². The van der Waals surface area contributed by atoms with Crippen LogP contribution in [0.4, 0.5) is 0 Å². The summed E-state index contributed by atoms with van der Waals surface area (Å²) in [6.07, 6.45) is 4.95. The molecule has 0 saturated carbocycles. The van der Waals surface area contributed by atoms with Crippen molar-refractivity contribution < 1.29 is 9.53 Å². The van der Waals surface area contributed by atoms with Crippen LogP contribution >= 0.6 is 0 Å². The van der Waals surface area contributed by atoms with E-state index < -0.39 is 0 Å². The lowest BCUT2D eigenvalue weighted by atomic mass is 9.75. The summed E-state index contributed by atoms with van der Waals surface area (Å²) >= 11 is 0. The summed E-state index contributed by atoms with van der Waals surface area (Å²) < 4.78 is 7.38. The van der Waals surface area contributed by atoms with Crippen molar-refractivity contribution in [3.05, 3.63) is 53.6 Å². The fourth-order valence-electron chi connectivity index (χ4n) is 5.13. The van der Waals surface area contributed by atoms with Gasteiger partial charge in [0.1, 0.15) is 0 Å². The Labute approximate surface area is 179 Å². The highest BCUT2D eigenvalue weighted by molar-refractivity contribution is 5.86. The maximum Gasteiger partial charge on any atom is 0.230 e. The van der Waals surface area contributed by atoms with Crippen LogP contribution in [-0.4, -0.2) is 65.2 Å². The van der Waals surface area contributed by atoms with Gasteiger partial charge in [-0.2, -0.15) is 0 Å². The molecular weight excluding hydrogens is 376 g/mol. The van der Waals surface area contributed by atoms with Crippen LogP contribution in [0, 0.1) is 12.3 Å². The average molecular weight is 411 g/mol. The summed E-state index contributed by atoms with van der Waals surface area (Å²) in [6, 6.07) is 9.04. The molecule has 2 unspecified atom stereocenters. The minimum absolute atomic E-state index is 0.127. The van der Waals surface area contributed by atoms with E-state index in [0.29, 0.717) is 19.2 Å². The molecule has 2 aliphatic heterocycles. The Bertz CT molecular complexity index is 893. The number of carbonyl (C=O) groups is 1. The second kappa shape index (κ2) is 8.52. The van der Waals surface area contributed by atoms with Crippen molar-refractivity contribution in [2.24, 2.45) is 5.41 Å². The first kappa shape index (κ1) is 21.1. The minimum Gasteiger partial charge on any atom is -0.383 e. The van der Waals surface area contributed by atoms with Gasteiger partial charge in [-0.1, -0.05) is 29.8 Å². The largest absolute Gasteiger partial charge is 0.383 e. The van der Waals surface area contributed by atoms with Crippen molar-refractivity contribution in [3.8, 4) is 0 Å². The number of imidazole rings is 1. The highest BCUT2D eigenvalue weighted by atomic mass is 16.5. The van der Waals surface area contributed by atoms with E-state index in [2.05, 4.69) is 60.7 Å². The lowest BCUT2D eigenvalue weighted by Gasteiger charge is -2.28. The van der Waals surface area contributed by atoms with Gasteiger partial charge in [0, 0.05) is 58.0 Å². The molecule has 6 heteroatoms. The van der Waals surface area contributed by atoms with Crippen LogP contribution in [0.2, 0.25) is 0 Å². The third-order valence-corrected chi connectivity index (χ3v) is 6.78. The number of hydrogen-bond acceptors (Lipinski definition) is 4. The fraction of sp³-hybridized carbons (Fsp3) is 0.583.